The van der Waals surface area contributed by atoms with Crippen LogP contribution >= 0.6 is 0 Å². The number of allylic oxidation sites excluding steroid dienone is 1. The summed E-state index contributed by atoms with van der Waals surface area (Å²) in [6.45, 7) is 18.6. The summed E-state index contributed by atoms with van der Waals surface area (Å²) in [5, 5.41) is 45.3. The first-order valence-corrected chi connectivity index (χ1v) is 16.9. The van der Waals surface area contributed by atoms with Gasteiger partial charge in [0.25, 0.3) is 0 Å². The Morgan fingerprint density at radius 1 is 1.02 bits per heavy atom. The molecule has 0 spiro atoms. The lowest BCUT2D eigenvalue weighted by Crippen LogP contribution is -2.60. The van der Waals surface area contributed by atoms with Gasteiger partial charge in [-0.25, -0.2) is 19.3 Å². The summed E-state index contributed by atoms with van der Waals surface area (Å²) in [6, 6.07) is 2.90. The molecule has 0 aromatic carbocycles. The molecule has 10 atom stereocenters. The molecule has 1 heterocycles. The van der Waals surface area contributed by atoms with Crippen LogP contribution in [0.2, 0.25) is 0 Å². The quantitative estimate of drug-likeness (QED) is 0.0712. The number of aromatic nitrogens is 1. The number of carbonyl (C=O) groups is 5. The summed E-state index contributed by atoms with van der Waals surface area (Å²) in [6.07, 6.45) is -4.01. The van der Waals surface area contributed by atoms with E-state index < -0.39 is 107 Å². The van der Waals surface area contributed by atoms with Crippen molar-refractivity contribution in [3.63, 3.8) is 0 Å². The van der Waals surface area contributed by atoms with Gasteiger partial charge in [-0.05, 0) is 63.8 Å². The fourth-order valence-corrected chi connectivity index (χ4v) is 6.52. The van der Waals surface area contributed by atoms with E-state index in [4.69, 9.17) is 24.2 Å². The maximum atomic E-state index is 14.3. The number of rotatable bonds is 9. The number of hydrogen-bond acceptors (Lipinski definition) is 15. The van der Waals surface area contributed by atoms with Crippen LogP contribution in [-0.4, -0.2) is 103 Å². The molecule has 4 N–H and O–H groups in total. The predicted molar refractivity (Wildman–Crippen MR) is 186 cm³/mol. The van der Waals surface area contributed by atoms with Gasteiger partial charge >= 0.3 is 23.9 Å². The van der Waals surface area contributed by atoms with Gasteiger partial charge in [-0.2, -0.15) is 0 Å². The number of aliphatic hydroxyl groups excluding tert-OH is 1. The fraction of sp³-hybridized carbons (Fsp3) is 0.526. The molecule has 0 saturated heterocycles. The topological polar surface area (TPSA) is 225 Å². The molecule has 290 valence electrons. The Kier molecular flexibility index (Phi) is 13.5. The van der Waals surface area contributed by atoms with E-state index in [0.29, 0.717) is 0 Å². The van der Waals surface area contributed by atoms with Crippen molar-refractivity contribution in [2.24, 2.45) is 17.3 Å². The zero-order valence-corrected chi connectivity index (χ0v) is 31.1. The van der Waals surface area contributed by atoms with Crippen molar-refractivity contribution in [3.8, 4) is 0 Å². The van der Waals surface area contributed by atoms with Crippen LogP contribution in [-0.2, 0) is 43.0 Å². The highest BCUT2D eigenvalue weighted by Gasteiger charge is 2.64. The molecule has 15 heteroatoms. The molecule has 1 aromatic heterocycles. The predicted octanol–water partition coefficient (Wildman–Crippen LogP) is 2.98. The molecule has 0 unspecified atom stereocenters. The van der Waals surface area contributed by atoms with Gasteiger partial charge in [0.1, 0.15) is 23.4 Å². The maximum absolute atomic E-state index is 14.3. The van der Waals surface area contributed by atoms with Gasteiger partial charge in [0.05, 0.1) is 23.2 Å². The highest BCUT2D eigenvalue weighted by atomic mass is 17.1. The second kappa shape index (κ2) is 16.6. The van der Waals surface area contributed by atoms with Crippen LogP contribution in [0.25, 0.3) is 0 Å². The van der Waals surface area contributed by atoms with Crippen LogP contribution in [0.15, 0.2) is 72.6 Å². The number of aliphatic hydroxyl groups is 3. The average molecular weight is 744 g/mol. The van der Waals surface area contributed by atoms with Crippen LogP contribution in [0.5, 0.6) is 0 Å². The van der Waals surface area contributed by atoms with Crippen molar-refractivity contribution < 1.29 is 68.4 Å². The van der Waals surface area contributed by atoms with Gasteiger partial charge in [0, 0.05) is 30.3 Å². The van der Waals surface area contributed by atoms with Gasteiger partial charge in [0.2, 0.25) is 0 Å². The summed E-state index contributed by atoms with van der Waals surface area (Å²) in [5.41, 5.74) is -7.27. The van der Waals surface area contributed by atoms with Crippen LogP contribution in [0.4, 0.5) is 0 Å². The van der Waals surface area contributed by atoms with Crippen molar-refractivity contribution in [2.75, 3.05) is 0 Å². The first-order valence-electron chi connectivity index (χ1n) is 16.9. The Labute approximate surface area is 307 Å². The minimum atomic E-state index is -2.62. The number of fused-ring (bicyclic) bond motifs is 1. The lowest BCUT2D eigenvalue weighted by Gasteiger charge is -2.44. The van der Waals surface area contributed by atoms with Crippen LogP contribution in [0, 0.1) is 17.3 Å². The van der Waals surface area contributed by atoms with Gasteiger partial charge in [-0.15, -0.1) is 0 Å². The zero-order chi connectivity index (χ0) is 40.2. The molecule has 1 aromatic rings. The molecule has 0 radical (unpaired) electrons. The number of pyridine rings is 1. The molecule has 1 fully saturated rings. The second-order valence-corrected chi connectivity index (χ2v) is 14.4. The highest BCUT2D eigenvalue weighted by molar-refractivity contribution is 5.97. The van der Waals surface area contributed by atoms with Crippen LogP contribution in [0.1, 0.15) is 72.2 Å². The molecule has 2 aliphatic carbocycles. The molecular formula is C38H49NO14. The smallest absolute Gasteiger partial charge is 0.340 e. The summed E-state index contributed by atoms with van der Waals surface area (Å²) in [4.78, 5) is 75.4. The highest BCUT2D eigenvalue weighted by Crippen LogP contribution is 2.49. The average Bonchev–Trinajstić information content (AvgIpc) is 3.37. The number of carbonyl (C=O) groups excluding carboxylic acids is 5. The van der Waals surface area contributed by atoms with Crippen molar-refractivity contribution >= 4 is 29.7 Å². The number of hydrogen-bond donors (Lipinski definition) is 4. The van der Waals surface area contributed by atoms with Crippen molar-refractivity contribution in [3.05, 3.63) is 78.2 Å². The molecule has 3 rings (SSSR count). The third-order valence-corrected chi connectivity index (χ3v) is 9.78. The number of ether oxygens (including phenoxy) is 4. The minimum absolute atomic E-state index is 0.00326. The molecule has 53 heavy (non-hydrogen) atoms. The van der Waals surface area contributed by atoms with Gasteiger partial charge in [-0.1, -0.05) is 46.1 Å². The van der Waals surface area contributed by atoms with E-state index >= 15 is 0 Å². The lowest BCUT2D eigenvalue weighted by molar-refractivity contribution is -0.264. The molecule has 15 nitrogen and oxygen atoms in total. The monoisotopic (exact) mass is 743 g/mol. The lowest BCUT2D eigenvalue weighted by atomic mass is 9.71. The Morgan fingerprint density at radius 3 is 2.21 bits per heavy atom. The van der Waals surface area contributed by atoms with Gasteiger partial charge < -0.3 is 34.3 Å². The first-order chi connectivity index (χ1) is 24.5. The van der Waals surface area contributed by atoms with E-state index in [1.54, 1.807) is 6.92 Å². The van der Waals surface area contributed by atoms with Crippen LogP contribution in [0.3, 0.4) is 0 Å². The summed E-state index contributed by atoms with van der Waals surface area (Å²) in [7, 11) is 0. The Morgan fingerprint density at radius 2 is 1.66 bits per heavy atom. The Hall–Kier alpha value is -4.54. The van der Waals surface area contributed by atoms with Gasteiger partial charge in [-0.3, -0.25) is 19.8 Å². The van der Waals surface area contributed by atoms with Crippen molar-refractivity contribution in [1.29, 1.82) is 0 Å². The van der Waals surface area contributed by atoms with E-state index in [1.807, 2.05) is 0 Å². The third-order valence-electron chi connectivity index (χ3n) is 9.78. The minimum Gasteiger partial charge on any atom is -0.458 e. The number of Topliss-reactive ketones (excluding diaryl/α,β-unsaturated/α-hetero) is 1. The molecule has 0 aliphatic heterocycles. The Balaban J connectivity index is 2.38. The van der Waals surface area contributed by atoms with E-state index in [0.717, 1.165) is 19.9 Å². The molecule has 0 bridgehead atoms. The second-order valence-electron chi connectivity index (χ2n) is 14.4. The standard InChI is InChI=1S/C38H49NO14/c1-11-19(2)32(42)51-29-22(5)27(41)26-28(50-33(43)21(4)23(6)53-48)20(3)17-38(26,47)35(45)37(10,46)15-14-36(8,9)31(30(29)49-24(7)40)52-34(44)25-13-12-16-39-18-25/h11-16,18,20,23,26-31,41,46-48H,4-5,17H2,1-3,6-10H3/b15-14+,19-11-/t20-,23-,26-,27-,28-,29-,30+,31+,37+,38+/m0/s1. The summed E-state index contributed by atoms with van der Waals surface area (Å²) in [5.74, 6) is -7.78. The third kappa shape index (κ3) is 9.16. The van der Waals surface area contributed by atoms with E-state index in [9.17, 15) is 39.3 Å². The number of ketones is 1. The summed E-state index contributed by atoms with van der Waals surface area (Å²) >= 11 is 0. The van der Waals surface area contributed by atoms with E-state index in [-0.39, 0.29) is 16.7 Å². The number of nitrogens with zero attached hydrogens (tertiary/aromatic N) is 1. The largest absolute Gasteiger partial charge is 0.458 e. The van der Waals surface area contributed by atoms with Gasteiger partial charge in [0.15, 0.2) is 24.1 Å². The summed E-state index contributed by atoms with van der Waals surface area (Å²) < 4.78 is 23.3. The first kappa shape index (κ1) is 42.9. The fourth-order valence-electron chi connectivity index (χ4n) is 6.52. The van der Waals surface area contributed by atoms with Crippen molar-refractivity contribution in [2.45, 2.75) is 110 Å². The zero-order valence-electron chi connectivity index (χ0n) is 31.1. The van der Waals surface area contributed by atoms with Crippen molar-refractivity contribution in [1.82, 2.24) is 4.98 Å². The van der Waals surface area contributed by atoms with E-state index in [1.165, 1.54) is 71.3 Å². The Bertz CT molecular complexity index is 1660. The molecule has 1 saturated carbocycles. The SMILES string of the molecule is C=C(C(=O)O[C@@H]1[C@@H]2[C@@H](O)C(=C)[C@H](OC(=O)/C(C)=C\C)[C@@H](OC(C)=O)[C@@H](OC(=O)c3cccnc3)C(C)(C)/C=C/[C@@](C)(O)C(=O)[C@@]2(O)C[C@@H]1C)[C@H](C)OO. The molecule has 0 amide bonds. The number of esters is 4. The molecule has 2 aliphatic rings. The van der Waals surface area contributed by atoms with E-state index in [2.05, 4.69) is 23.0 Å². The maximum Gasteiger partial charge on any atom is 0.340 e. The normalized spacial score (nSPS) is 32.9. The molecular weight excluding hydrogens is 694 g/mol. The van der Waals surface area contributed by atoms with Crippen LogP contribution < -0.4 is 0 Å².